The normalized spacial score (nSPS) is 11.3. The molecular weight excluding hydrogens is 375 g/mol. The summed E-state index contributed by atoms with van der Waals surface area (Å²) < 4.78 is 40.2. The number of nitrogens with one attached hydrogen (secondary N) is 1. The van der Waals surface area contributed by atoms with Crippen molar-refractivity contribution in [2.45, 2.75) is 12.3 Å². The molecule has 0 aliphatic heterocycles. The fourth-order valence-electron chi connectivity index (χ4n) is 2.23. The van der Waals surface area contributed by atoms with Crippen LogP contribution in [0.25, 0.3) is 11.3 Å². The Morgan fingerprint density at radius 3 is 2.56 bits per heavy atom. The zero-order chi connectivity index (χ0) is 19.4. The van der Waals surface area contributed by atoms with Gasteiger partial charge in [-0.15, -0.1) is 0 Å². The van der Waals surface area contributed by atoms with Crippen molar-refractivity contribution in [1.29, 1.82) is 0 Å². The Bertz CT molecular complexity index is 1050. The van der Waals surface area contributed by atoms with Gasteiger partial charge in [0, 0.05) is 18.0 Å². The summed E-state index contributed by atoms with van der Waals surface area (Å²) in [6, 6.07) is 9.10. The van der Waals surface area contributed by atoms with Gasteiger partial charge in [0.15, 0.2) is 15.7 Å². The van der Waals surface area contributed by atoms with E-state index in [4.69, 9.17) is 4.52 Å². The number of rotatable bonds is 6. The highest BCUT2D eigenvalue weighted by Gasteiger charge is 2.13. The van der Waals surface area contributed by atoms with E-state index < -0.39 is 15.7 Å². The van der Waals surface area contributed by atoms with Gasteiger partial charge in [-0.2, -0.15) is 4.98 Å². The molecule has 10 heteroatoms. The zero-order valence-corrected chi connectivity index (χ0v) is 15.0. The monoisotopic (exact) mass is 390 g/mol. The van der Waals surface area contributed by atoms with Crippen LogP contribution in [-0.2, 0) is 22.1 Å². The van der Waals surface area contributed by atoms with E-state index in [2.05, 4.69) is 20.4 Å². The average Bonchev–Trinajstić information content (AvgIpc) is 3.06. The Kier molecular flexibility index (Phi) is 5.26. The third-order valence-corrected chi connectivity index (χ3v) is 4.25. The van der Waals surface area contributed by atoms with Gasteiger partial charge < -0.3 is 9.84 Å². The molecular formula is C17H15FN4O4S. The minimum atomic E-state index is -3.27. The summed E-state index contributed by atoms with van der Waals surface area (Å²) in [4.78, 5) is 20.3. The number of sulfone groups is 1. The van der Waals surface area contributed by atoms with Crippen molar-refractivity contribution in [3.05, 3.63) is 65.7 Å². The maximum Gasteiger partial charge on any atom is 0.253 e. The first-order valence-electron chi connectivity index (χ1n) is 7.79. The lowest BCUT2D eigenvalue weighted by Crippen LogP contribution is -2.23. The Morgan fingerprint density at radius 2 is 1.93 bits per heavy atom. The minimum absolute atomic E-state index is 0.0343. The van der Waals surface area contributed by atoms with E-state index in [0.717, 1.165) is 11.8 Å². The van der Waals surface area contributed by atoms with Gasteiger partial charge in [0.25, 0.3) is 5.91 Å². The summed E-state index contributed by atoms with van der Waals surface area (Å²) in [5.41, 5.74) is 1.65. The number of nitrogens with zero attached hydrogens (tertiary/aromatic N) is 3. The summed E-state index contributed by atoms with van der Waals surface area (Å²) in [5, 5.41) is 6.13. The van der Waals surface area contributed by atoms with E-state index in [1.807, 2.05) is 0 Å². The van der Waals surface area contributed by atoms with E-state index in [0.29, 0.717) is 11.3 Å². The molecule has 0 fully saturated rings. The average molecular weight is 390 g/mol. The number of carbonyl (C=O) groups excluding carboxylic acids is 1. The lowest BCUT2D eigenvalue weighted by atomic mass is 10.1. The molecule has 0 saturated heterocycles. The van der Waals surface area contributed by atoms with Gasteiger partial charge in [-0.1, -0.05) is 5.16 Å². The Hall–Kier alpha value is -3.14. The highest BCUT2D eigenvalue weighted by atomic mass is 32.2. The summed E-state index contributed by atoms with van der Waals surface area (Å²) in [6.07, 6.45) is 2.46. The van der Waals surface area contributed by atoms with E-state index in [-0.39, 0.29) is 29.8 Å². The van der Waals surface area contributed by atoms with Crippen molar-refractivity contribution < 1.29 is 22.1 Å². The van der Waals surface area contributed by atoms with Crippen LogP contribution in [0.1, 0.15) is 22.1 Å². The Balaban J connectivity index is 1.60. The number of hydrogen-bond donors (Lipinski definition) is 1. The highest BCUT2D eigenvalue weighted by Crippen LogP contribution is 2.17. The fourth-order valence-corrected chi connectivity index (χ4v) is 2.82. The molecule has 1 amide bonds. The zero-order valence-electron chi connectivity index (χ0n) is 14.2. The maximum absolute atomic E-state index is 13.0. The molecule has 140 valence electrons. The Labute approximate surface area is 154 Å². The van der Waals surface area contributed by atoms with Crippen LogP contribution in [-0.4, -0.2) is 35.7 Å². The minimum Gasteiger partial charge on any atom is -0.343 e. The second kappa shape index (κ2) is 7.62. The van der Waals surface area contributed by atoms with Crippen LogP contribution in [0.15, 0.2) is 47.1 Å². The topological polar surface area (TPSA) is 115 Å². The lowest BCUT2D eigenvalue weighted by molar-refractivity contribution is 0.0946. The molecule has 0 aliphatic carbocycles. The second-order valence-electron chi connectivity index (χ2n) is 5.80. The molecule has 0 bridgehead atoms. The lowest BCUT2D eigenvalue weighted by Gasteiger charge is -2.04. The summed E-state index contributed by atoms with van der Waals surface area (Å²) in [5.74, 6) is -0.949. The molecule has 0 saturated carbocycles. The number of pyridine rings is 1. The van der Waals surface area contributed by atoms with Crippen molar-refractivity contribution in [2.75, 3.05) is 6.26 Å². The highest BCUT2D eigenvalue weighted by molar-refractivity contribution is 7.89. The molecule has 2 heterocycles. The quantitative estimate of drug-likeness (QED) is 0.682. The van der Waals surface area contributed by atoms with Crippen molar-refractivity contribution in [3.63, 3.8) is 0 Å². The van der Waals surface area contributed by atoms with E-state index in [1.165, 1.54) is 18.3 Å². The van der Waals surface area contributed by atoms with Crippen LogP contribution in [0.5, 0.6) is 0 Å². The number of aromatic nitrogens is 3. The Morgan fingerprint density at radius 1 is 1.19 bits per heavy atom. The smallest absolute Gasteiger partial charge is 0.253 e. The maximum atomic E-state index is 13.0. The van der Waals surface area contributed by atoms with Crippen molar-refractivity contribution in [3.8, 4) is 11.3 Å². The predicted octanol–water partition coefficient (Wildman–Crippen LogP) is 1.75. The largest absolute Gasteiger partial charge is 0.343 e. The number of amides is 1. The molecule has 3 aromatic rings. The van der Waals surface area contributed by atoms with Gasteiger partial charge in [0.05, 0.1) is 17.8 Å². The summed E-state index contributed by atoms with van der Waals surface area (Å²) >= 11 is 0. The molecule has 27 heavy (non-hydrogen) atoms. The third kappa shape index (κ3) is 5.17. The number of hydrogen-bond acceptors (Lipinski definition) is 7. The van der Waals surface area contributed by atoms with Crippen LogP contribution in [0, 0.1) is 5.82 Å². The van der Waals surface area contributed by atoms with Crippen LogP contribution in [0.3, 0.4) is 0 Å². The van der Waals surface area contributed by atoms with Crippen molar-refractivity contribution >= 4 is 15.7 Å². The van der Waals surface area contributed by atoms with Crippen molar-refractivity contribution in [1.82, 2.24) is 20.4 Å². The van der Waals surface area contributed by atoms with Gasteiger partial charge in [-0.25, -0.2) is 12.8 Å². The molecule has 0 radical (unpaired) electrons. The SMILES string of the molecule is CS(=O)(=O)Cc1noc(CNC(=O)c2ccc(-c3ccc(F)cc3)nc2)n1. The van der Waals surface area contributed by atoms with Gasteiger partial charge in [-0.3, -0.25) is 9.78 Å². The van der Waals surface area contributed by atoms with Crippen LogP contribution < -0.4 is 5.32 Å². The van der Waals surface area contributed by atoms with E-state index in [1.54, 1.807) is 24.3 Å². The second-order valence-corrected chi connectivity index (χ2v) is 7.94. The van der Waals surface area contributed by atoms with Crippen LogP contribution in [0.2, 0.25) is 0 Å². The van der Waals surface area contributed by atoms with Gasteiger partial charge in [0.2, 0.25) is 5.89 Å². The number of carbonyl (C=O) groups is 1. The fraction of sp³-hybridized carbons (Fsp3) is 0.176. The predicted molar refractivity (Wildman–Crippen MR) is 93.6 cm³/mol. The van der Waals surface area contributed by atoms with E-state index in [9.17, 15) is 17.6 Å². The number of benzene rings is 1. The first kappa shape index (κ1) is 18.6. The van der Waals surface area contributed by atoms with Gasteiger partial charge >= 0.3 is 0 Å². The van der Waals surface area contributed by atoms with E-state index >= 15 is 0 Å². The molecule has 1 aromatic carbocycles. The molecule has 8 nitrogen and oxygen atoms in total. The molecule has 0 aliphatic rings. The van der Waals surface area contributed by atoms with Crippen molar-refractivity contribution in [2.24, 2.45) is 0 Å². The summed E-state index contributed by atoms with van der Waals surface area (Å²) in [6.45, 7) is -0.0463. The molecule has 1 N–H and O–H groups in total. The summed E-state index contributed by atoms with van der Waals surface area (Å²) in [7, 11) is -3.27. The molecule has 0 atom stereocenters. The molecule has 0 unspecified atom stereocenters. The first-order valence-corrected chi connectivity index (χ1v) is 9.85. The van der Waals surface area contributed by atoms with Crippen LogP contribution in [0.4, 0.5) is 4.39 Å². The molecule has 0 spiro atoms. The first-order chi connectivity index (χ1) is 12.8. The molecule has 3 rings (SSSR count). The van der Waals surface area contributed by atoms with Gasteiger partial charge in [0.1, 0.15) is 11.6 Å². The van der Waals surface area contributed by atoms with Gasteiger partial charge in [-0.05, 0) is 36.4 Å². The van der Waals surface area contributed by atoms with Crippen LogP contribution >= 0.6 is 0 Å². The molecule has 2 aromatic heterocycles. The third-order valence-electron chi connectivity index (χ3n) is 3.47. The standard InChI is InChI=1S/C17H15FN4O4S/c1-27(24,25)10-15-21-16(26-22-15)9-20-17(23)12-4-7-14(19-8-12)11-2-5-13(18)6-3-11/h2-8H,9-10H2,1H3,(H,20,23). The number of halogens is 1.